The predicted octanol–water partition coefficient (Wildman–Crippen LogP) is 1.30. The molecule has 0 fully saturated rings. The maximum absolute atomic E-state index is 10.8. The molecule has 0 bridgehead atoms. The lowest BCUT2D eigenvalue weighted by molar-refractivity contribution is -0.138. The highest BCUT2D eigenvalue weighted by molar-refractivity contribution is 5.77. The number of carbonyl (C=O) groups is 1. The predicted molar refractivity (Wildman–Crippen MR) is 54.5 cm³/mol. The van der Waals surface area contributed by atoms with Gasteiger partial charge in [0.1, 0.15) is 6.04 Å². The lowest BCUT2D eigenvalue weighted by atomic mass is 10.2. The van der Waals surface area contributed by atoms with E-state index in [1.54, 1.807) is 31.3 Å². The van der Waals surface area contributed by atoms with Crippen LogP contribution in [0.1, 0.15) is 12.5 Å². The Hall–Kier alpha value is -1.58. The Kier molecular flexibility index (Phi) is 3.06. The minimum absolute atomic E-state index is 0.531. The fourth-order valence-electron chi connectivity index (χ4n) is 1.24. The molecule has 1 aromatic heterocycles. The number of carboxylic acids is 1. The van der Waals surface area contributed by atoms with Crippen molar-refractivity contribution in [3.05, 3.63) is 24.0 Å². The zero-order valence-electron chi connectivity index (χ0n) is 8.56. The summed E-state index contributed by atoms with van der Waals surface area (Å²) < 4.78 is 0. The second-order valence-corrected chi connectivity index (χ2v) is 3.29. The summed E-state index contributed by atoms with van der Waals surface area (Å²) in [5.41, 5.74) is 1.87. The first kappa shape index (κ1) is 10.5. The van der Waals surface area contributed by atoms with E-state index in [9.17, 15) is 4.79 Å². The van der Waals surface area contributed by atoms with Gasteiger partial charge in [-0.25, -0.2) is 4.79 Å². The summed E-state index contributed by atoms with van der Waals surface area (Å²) in [5, 5.41) is 8.85. The standard InChI is InChI=1S/C10H14N2O2/c1-7-6-11-5-4-9(7)12(3)8(2)10(13)14/h4-6,8H,1-3H3,(H,13,14). The summed E-state index contributed by atoms with van der Waals surface area (Å²) in [6.45, 7) is 3.57. The van der Waals surface area contributed by atoms with Crippen molar-refractivity contribution in [2.24, 2.45) is 0 Å². The van der Waals surface area contributed by atoms with Crippen molar-refractivity contribution in [1.82, 2.24) is 4.98 Å². The number of carboxylic acid groups (broad SMARTS) is 1. The van der Waals surface area contributed by atoms with Crippen LogP contribution in [0.3, 0.4) is 0 Å². The topological polar surface area (TPSA) is 53.4 Å². The molecule has 14 heavy (non-hydrogen) atoms. The normalized spacial score (nSPS) is 12.2. The van der Waals surface area contributed by atoms with E-state index in [0.29, 0.717) is 0 Å². The van der Waals surface area contributed by atoms with E-state index in [0.717, 1.165) is 11.3 Å². The number of rotatable bonds is 3. The second kappa shape index (κ2) is 4.09. The molecule has 0 aliphatic carbocycles. The molecule has 1 rings (SSSR count). The SMILES string of the molecule is Cc1cnccc1N(C)C(C)C(=O)O. The van der Waals surface area contributed by atoms with Crippen molar-refractivity contribution in [3.8, 4) is 0 Å². The molecular weight excluding hydrogens is 180 g/mol. The first-order valence-electron chi connectivity index (χ1n) is 4.40. The van der Waals surface area contributed by atoms with Crippen molar-refractivity contribution in [2.75, 3.05) is 11.9 Å². The Labute approximate surface area is 83.2 Å². The molecule has 1 atom stereocenters. The summed E-state index contributed by atoms with van der Waals surface area (Å²) in [7, 11) is 1.76. The maximum Gasteiger partial charge on any atom is 0.326 e. The summed E-state index contributed by atoms with van der Waals surface area (Å²) in [5.74, 6) is -0.830. The number of aliphatic carboxylic acids is 1. The molecule has 4 heteroatoms. The highest BCUT2D eigenvalue weighted by Crippen LogP contribution is 2.18. The van der Waals surface area contributed by atoms with Crippen molar-refractivity contribution in [2.45, 2.75) is 19.9 Å². The molecule has 0 aliphatic heterocycles. The van der Waals surface area contributed by atoms with Gasteiger partial charge >= 0.3 is 5.97 Å². The third kappa shape index (κ3) is 2.02. The van der Waals surface area contributed by atoms with Crippen LogP contribution in [0.4, 0.5) is 5.69 Å². The highest BCUT2D eigenvalue weighted by Gasteiger charge is 2.17. The van der Waals surface area contributed by atoms with Crippen LogP contribution >= 0.6 is 0 Å². The minimum Gasteiger partial charge on any atom is -0.480 e. The molecule has 0 aromatic carbocycles. The molecule has 0 radical (unpaired) electrons. The van der Waals surface area contributed by atoms with Crippen LogP contribution in [0.15, 0.2) is 18.5 Å². The van der Waals surface area contributed by atoms with Gasteiger partial charge in [-0.05, 0) is 25.5 Å². The fourth-order valence-corrected chi connectivity index (χ4v) is 1.24. The van der Waals surface area contributed by atoms with Gasteiger partial charge in [-0.15, -0.1) is 0 Å². The summed E-state index contributed by atoms with van der Waals surface area (Å²) in [6, 6.07) is 1.28. The highest BCUT2D eigenvalue weighted by atomic mass is 16.4. The van der Waals surface area contributed by atoms with Crippen molar-refractivity contribution >= 4 is 11.7 Å². The molecule has 0 amide bonds. The number of nitrogens with zero attached hydrogens (tertiary/aromatic N) is 2. The van der Waals surface area contributed by atoms with Crippen LogP contribution in [0.2, 0.25) is 0 Å². The lowest BCUT2D eigenvalue weighted by Gasteiger charge is -2.24. The molecule has 1 N–H and O–H groups in total. The molecular formula is C10H14N2O2. The molecule has 1 aromatic rings. The van der Waals surface area contributed by atoms with E-state index in [2.05, 4.69) is 4.98 Å². The maximum atomic E-state index is 10.8. The Bertz CT molecular complexity index is 339. The van der Waals surface area contributed by atoms with E-state index >= 15 is 0 Å². The zero-order chi connectivity index (χ0) is 10.7. The monoisotopic (exact) mass is 194 g/mol. The van der Waals surface area contributed by atoms with Gasteiger partial charge in [-0.1, -0.05) is 0 Å². The van der Waals surface area contributed by atoms with Gasteiger partial charge in [0.15, 0.2) is 0 Å². The molecule has 0 spiro atoms. The van der Waals surface area contributed by atoms with Crippen LogP contribution in [-0.4, -0.2) is 29.1 Å². The third-order valence-electron chi connectivity index (χ3n) is 2.31. The molecule has 0 aliphatic rings. The van der Waals surface area contributed by atoms with Crippen LogP contribution in [0.5, 0.6) is 0 Å². The summed E-state index contributed by atoms with van der Waals surface area (Å²) in [6.07, 6.45) is 3.38. The quantitative estimate of drug-likeness (QED) is 0.788. The van der Waals surface area contributed by atoms with Crippen molar-refractivity contribution in [3.63, 3.8) is 0 Å². The number of likely N-dealkylation sites (N-methyl/N-ethyl adjacent to an activating group) is 1. The molecule has 1 unspecified atom stereocenters. The number of pyridine rings is 1. The van der Waals surface area contributed by atoms with E-state index < -0.39 is 12.0 Å². The molecule has 4 nitrogen and oxygen atoms in total. The largest absolute Gasteiger partial charge is 0.480 e. The van der Waals surface area contributed by atoms with Crippen LogP contribution in [0, 0.1) is 6.92 Å². The Morgan fingerprint density at radius 2 is 2.29 bits per heavy atom. The average Bonchev–Trinajstić information content (AvgIpc) is 2.16. The van der Waals surface area contributed by atoms with Gasteiger partial charge in [-0.3, -0.25) is 4.98 Å². The van der Waals surface area contributed by atoms with Gasteiger partial charge in [0.2, 0.25) is 0 Å². The van der Waals surface area contributed by atoms with Crippen molar-refractivity contribution in [1.29, 1.82) is 0 Å². The number of hydrogen-bond acceptors (Lipinski definition) is 3. The molecule has 76 valence electrons. The van der Waals surface area contributed by atoms with Gasteiger partial charge in [0.05, 0.1) is 0 Å². The van der Waals surface area contributed by atoms with E-state index in [-0.39, 0.29) is 0 Å². The molecule has 1 heterocycles. The van der Waals surface area contributed by atoms with Gasteiger partial charge in [-0.2, -0.15) is 0 Å². The third-order valence-corrected chi connectivity index (χ3v) is 2.31. The van der Waals surface area contributed by atoms with Crippen LogP contribution in [-0.2, 0) is 4.79 Å². The van der Waals surface area contributed by atoms with Gasteiger partial charge < -0.3 is 10.0 Å². The lowest BCUT2D eigenvalue weighted by Crippen LogP contribution is -2.36. The Morgan fingerprint density at radius 1 is 1.64 bits per heavy atom. The summed E-state index contributed by atoms with van der Waals surface area (Å²) in [4.78, 5) is 16.4. The van der Waals surface area contributed by atoms with Crippen LogP contribution in [0.25, 0.3) is 0 Å². The van der Waals surface area contributed by atoms with Gasteiger partial charge in [0, 0.05) is 25.1 Å². The van der Waals surface area contributed by atoms with E-state index in [1.807, 2.05) is 13.0 Å². The smallest absolute Gasteiger partial charge is 0.326 e. The van der Waals surface area contributed by atoms with Crippen LogP contribution < -0.4 is 4.90 Å². The zero-order valence-corrected chi connectivity index (χ0v) is 8.56. The first-order chi connectivity index (χ1) is 6.54. The molecule has 0 saturated carbocycles. The number of aromatic nitrogens is 1. The average molecular weight is 194 g/mol. The van der Waals surface area contributed by atoms with Crippen molar-refractivity contribution < 1.29 is 9.90 Å². The number of aryl methyl sites for hydroxylation is 1. The summed E-state index contributed by atoms with van der Waals surface area (Å²) >= 11 is 0. The van der Waals surface area contributed by atoms with E-state index in [1.165, 1.54) is 0 Å². The molecule has 0 saturated heterocycles. The number of anilines is 1. The second-order valence-electron chi connectivity index (χ2n) is 3.29. The Morgan fingerprint density at radius 3 is 2.79 bits per heavy atom. The minimum atomic E-state index is -0.830. The van der Waals surface area contributed by atoms with E-state index in [4.69, 9.17) is 5.11 Å². The first-order valence-corrected chi connectivity index (χ1v) is 4.40. The Balaban J connectivity index is 2.94. The van der Waals surface area contributed by atoms with Gasteiger partial charge in [0.25, 0.3) is 0 Å². The fraction of sp³-hybridized carbons (Fsp3) is 0.400. The number of hydrogen-bond donors (Lipinski definition) is 1.